The van der Waals surface area contributed by atoms with E-state index in [2.05, 4.69) is 26.0 Å². The molecular weight excluding hydrogens is 236 g/mol. The van der Waals surface area contributed by atoms with Gasteiger partial charge in [0.15, 0.2) is 5.16 Å². The second-order valence-corrected chi connectivity index (χ2v) is 4.84. The zero-order valence-electron chi connectivity index (χ0n) is 9.64. The summed E-state index contributed by atoms with van der Waals surface area (Å²) in [5, 5.41) is 11.6. The lowest BCUT2D eigenvalue weighted by Gasteiger charge is -2.05. The predicted molar refractivity (Wildman–Crippen MR) is 65.6 cm³/mol. The van der Waals surface area contributed by atoms with Gasteiger partial charge in [-0.15, -0.1) is 16.6 Å². The number of nitrogens with one attached hydrogen (secondary N) is 1. The number of carbonyl (C=O) groups excluding carboxylic acids is 1. The van der Waals surface area contributed by atoms with Crippen LogP contribution >= 0.6 is 11.8 Å². The first-order chi connectivity index (χ1) is 8.22. The fourth-order valence-corrected chi connectivity index (χ4v) is 2.41. The van der Waals surface area contributed by atoms with Gasteiger partial charge in [-0.05, 0) is 19.8 Å². The second kappa shape index (κ2) is 5.23. The maximum Gasteiger partial charge on any atom is 0.231 e. The van der Waals surface area contributed by atoms with Crippen LogP contribution in [0, 0.1) is 19.3 Å². The number of hydrogen-bond donors (Lipinski definition) is 1. The Balaban J connectivity index is 1.91. The third-order valence-corrected chi connectivity index (χ3v) is 3.41. The zero-order chi connectivity index (χ0) is 12.3. The van der Waals surface area contributed by atoms with E-state index in [9.17, 15) is 4.79 Å². The van der Waals surface area contributed by atoms with Crippen molar-refractivity contribution in [1.29, 1.82) is 0 Å². The Morgan fingerprint density at radius 2 is 2.41 bits per heavy atom. The van der Waals surface area contributed by atoms with Crippen molar-refractivity contribution in [2.45, 2.75) is 31.0 Å². The van der Waals surface area contributed by atoms with E-state index in [-0.39, 0.29) is 12.5 Å². The molecule has 0 radical (unpaired) electrons. The molecule has 1 fully saturated rings. The molecule has 1 aliphatic carbocycles. The van der Waals surface area contributed by atoms with Gasteiger partial charge in [0.1, 0.15) is 5.82 Å². The molecule has 0 aliphatic heterocycles. The molecule has 1 N–H and O–H groups in total. The summed E-state index contributed by atoms with van der Waals surface area (Å²) in [6, 6.07) is 0.529. The largest absolute Gasteiger partial charge is 0.344 e. The molecule has 5 nitrogen and oxygen atoms in total. The lowest BCUT2D eigenvalue weighted by molar-refractivity contribution is -0.118. The van der Waals surface area contributed by atoms with Crippen LogP contribution in [0.2, 0.25) is 0 Å². The number of aryl methyl sites for hydroxylation is 1. The van der Waals surface area contributed by atoms with Gasteiger partial charge < -0.3 is 9.88 Å². The number of rotatable bonds is 5. The van der Waals surface area contributed by atoms with Crippen LogP contribution in [-0.2, 0) is 4.79 Å². The minimum atomic E-state index is -0.0732. The van der Waals surface area contributed by atoms with Crippen LogP contribution in [0.15, 0.2) is 5.16 Å². The number of thioether (sulfide) groups is 1. The predicted octanol–water partition coefficient (Wildman–Crippen LogP) is 0.763. The summed E-state index contributed by atoms with van der Waals surface area (Å²) < 4.78 is 2.11. The van der Waals surface area contributed by atoms with Crippen molar-refractivity contribution in [2.24, 2.45) is 0 Å². The number of amides is 1. The lowest BCUT2D eigenvalue weighted by atomic mass is 10.6. The van der Waals surface area contributed by atoms with Crippen LogP contribution in [0.5, 0.6) is 0 Å². The highest BCUT2D eigenvalue weighted by Gasteiger charge is 2.28. The quantitative estimate of drug-likeness (QED) is 0.619. The maximum absolute atomic E-state index is 11.4. The topological polar surface area (TPSA) is 59.8 Å². The third kappa shape index (κ3) is 3.01. The van der Waals surface area contributed by atoms with Gasteiger partial charge in [-0.2, -0.15) is 0 Å². The summed E-state index contributed by atoms with van der Waals surface area (Å²) in [5.41, 5.74) is 0. The normalized spacial score (nSPS) is 14.4. The van der Waals surface area contributed by atoms with Crippen LogP contribution in [-0.4, -0.2) is 33.0 Å². The third-order valence-electron chi connectivity index (χ3n) is 2.47. The molecule has 0 atom stereocenters. The molecule has 0 aromatic carbocycles. The number of terminal acetylenes is 1. The van der Waals surface area contributed by atoms with E-state index in [1.165, 1.54) is 24.6 Å². The van der Waals surface area contributed by atoms with Crippen LogP contribution in [0.25, 0.3) is 0 Å². The molecule has 1 heterocycles. The summed E-state index contributed by atoms with van der Waals surface area (Å²) in [4.78, 5) is 11.4. The molecule has 6 heteroatoms. The highest BCUT2D eigenvalue weighted by atomic mass is 32.2. The van der Waals surface area contributed by atoms with E-state index < -0.39 is 0 Å². The molecule has 0 saturated heterocycles. The summed E-state index contributed by atoms with van der Waals surface area (Å²) in [6.07, 6.45) is 7.41. The van der Waals surface area contributed by atoms with Gasteiger partial charge in [-0.25, -0.2) is 0 Å². The molecule has 17 heavy (non-hydrogen) atoms. The Morgan fingerprint density at radius 1 is 1.65 bits per heavy atom. The van der Waals surface area contributed by atoms with E-state index in [4.69, 9.17) is 6.42 Å². The first-order valence-corrected chi connectivity index (χ1v) is 6.45. The van der Waals surface area contributed by atoms with Crippen molar-refractivity contribution in [3.63, 3.8) is 0 Å². The second-order valence-electron chi connectivity index (χ2n) is 3.90. The van der Waals surface area contributed by atoms with Crippen LogP contribution in [0.1, 0.15) is 24.7 Å². The Hall–Kier alpha value is -1.48. The average Bonchev–Trinajstić information content (AvgIpc) is 3.08. The SMILES string of the molecule is C#CCNC(=O)CSc1nnc(C)n1C1CC1. The van der Waals surface area contributed by atoms with Gasteiger partial charge in [-0.3, -0.25) is 4.79 Å². The summed E-state index contributed by atoms with van der Waals surface area (Å²) in [6.45, 7) is 2.21. The molecule has 1 amide bonds. The minimum absolute atomic E-state index is 0.0732. The van der Waals surface area contributed by atoms with E-state index in [1.807, 2.05) is 6.92 Å². The van der Waals surface area contributed by atoms with Crippen molar-refractivity contribution in [2.75, 3.05) is 12.3 Å². The van der Waals surface area contributed by atoms with Gasteiger partial charge in [-0.1, -0.05) is 17.7 Å². The number of aromatic nitrogens is 3. The lowest BCUT2D eigenvalue weighted by Crippen LogP contribution is -2.25. The molecule has 0 bridgehead atoms. The van der Waals surface area contributed by atoms with E-state index in [0.717, 1.165) is 11.0 Å². The number of nitrogens with zero attached hydrogens (tertiary/aromatic N) is 3. The standard InChI is InChI=1S/C11H14N4OS/c1-3-6-12-10(16)7-17-11-14-13-8(2)15(11)9-4-5-9/h1,9H,4-7H2,2H3,(H,12,16). The molecular formula is C11H14N4OS. The maximum atomic E-state index is 11.4. The molecule has 0 unspecified atom stereocenters. The van der Waals surface area contributed by atoms with Gasteiger partial charge in [0.05, 0.1) is 12.3 Å². The van der Waals surface area contributed by atoms with Crippen molar-refractivity contribution >= 4 is 17.7 Å². The minimum Gasteiger partial charge on any atom is -0.344 e. The van der Waals surface area contributed by atoms with E-state index in [1.54, 1.807) is 0 Å². The molecule has 0 spiro atoms. The van der Waals surface area contributed by atoms with Crippen LogP contribution in [0.4, 0.5) is 0 Å². The van der Waals surface area contributed by atoms with Crippen LogP contribution in [0.3, 0.4) is 0 Å². The Kier molecular flexibility index (Phi) is 3.69. The smallest absolute Gasteiger partial charge is 0.231 e. The van der Waals surface area contributed by atoms with Crippen molar-refractivity contribution < 1.29 is 4.79 Å². The molecule has 1 aromatic heterocycles. The molecule has 90 valence electrons. The fourth-order valence-electron chi connectivity index (χ4n) is 1.53. The average molecular weight is 250 g/mol. The Bertz CT molecular complexity index is 459. The molecule has 2 rings (SSSR count). The molecule has 1 saturated carbocycles. The van der Waals surface area contributed by atoms with Gasteiger partial charge in [0.25, 0.3) is 0 Å². The van der Waals surface area contributed by atoms with Gasteiger partial charge in [0, 0.05) is 6.04 Å². The first kappa shape index (κ1) is 12.0. The monoisotopic (exact) mass is 250 g/mol. The van der Waals surface area contributed by atoms with Crippen molar-refractivity contribution in [3.8, 4) is 12.3 Å². The fraction of sp³-hybridized carbons (Fsp3) is 0.545. The summed E-state index contributed by atoms with van der Waals surface area (Å²) in [5.74, 6) is 3.53. The van der Waals surface area contributed by atoms with E-state index >= 15 is 0 Å². The molecule has 1 aromatic rings. The van der Waals surface area contributed by atoms with Crippen molar-refractivity contribution in [1.82, 2.24) is 20.1 Å². The zero-order valence-corrected chi connectivity index (χ0v) is 10.5. The molecule has 1 aliphatic rings. The Morgan fingerprint density at radius 3 is 3.06 bits per heavy atom. The summed E-state index contributed by atoms with van der Waals surface area (Å²) >= 11 is 1.40. The number of carbonyl (C=O) groups is 1. The first-order valence-electron chi connectivity index (χ1n) is 5.47. The number of hydrogen-bond acceptors (Lipinski definition) is 4. The van der Waals surface area contributed by atoms with Gasteiger partial charge in [0.2, 0.25) is 5.91 Å². The van der Waals surface area contributed by atoms with Crippen LogP contribution < -0.4 is 5.32 Å². The summed E-state index contributed by atoms with van der Waals surface area (Å²) in [7, 11) is 0. The van der Waals surface area contributed by atoms with E-state index in [0.29, 0.717) is 11.8 Å². The Labute approximate surface area is 104 Å². The highest BCUT2D eigenvalue weighted by molar-refractivity contribution is 7.99. The van der Waals surface area contributed by atoms with Crippen molar-refractivity contribution in [3.05, 3.63) is 5.82 Å². The highest BCUT2D eigenvalue weighted by Crippen LogP contribution is 2.38. The van der Waals surface area contributed by atoms with Gasteiger partial charge >= 0.3 is 0 Å².